The first kappa shape index (κ1) is 16.4. The summed E-state index contributed by atoms with van der Waals surface area (Å²) in [6, 6.07) is 17.2. The monoisotopic (exact) mass is 317 g/mol. The molecule has 0 aliphatic rings. The SMILES string of the molecule is C[C@H](Cc1ccccc1)N(C)C(=O)COc1ccc(Cl)cc1. The summed E-state index contributed by atoms with van der Waals surface area (Å²) < 4.78 is 5.49. The molecule has 3 nitrogen and oxygen atoms in total. The highest BCUT2D eigenvalue weighted by molar-refractivity contribution is 6.30. The Morgan fingerprint density at radius 1 is 1.14 bits per heavy atom. The summed E-state index contributed by atoms with van der Waals surface area (Å²) in [5, 5.41) is 0.646. The molecular weight excluding hydrogens is 298 g/mol. The molecule has 116 valence electrons. The van der Waals surface area contributed by atoms with Gasteiger partial charge in [0.05, 0.1) is 0 Å². The molecule has 2 rings (SSSR count). The van der Waals surface area contributed by atoms with Crippen LogP contribution < -0.4 is 4.74 Å². The third kappa shape index (κ3) is 4.78. The molecule has 0 fully saturated rings. The summed E-state index contributed by atoms with van der Waals surface area (Å²) in [5.41, 5.74) is 1.22. The molecule has 0 spiro atoms. The third-order valence-corrected chi connectivity index (χ3v) is 3.86. The molecule has 0 saturated carbocycles. The number of rotatable bonds is 6. The van der Waals surface area contributed by atoms with Crippen LogP contribution in [0.4, 0.5) is 0 Å². The van der Waals surface area contributed by atoms with Crippen LogP contribution in [0.2, 0.25) is 5.02 Å². The number of ether oxygens (including phenoxy) is 1. The highest BCUT2D eigenvalue weighted by Gasteiger charge is 2.16. The lowest BCUT2D eigenvalue weighted by molar-refractivity contribution is -0.133. The molecule has 2 aromatic carbocycles. The van der Waals surface area contributed by atoms with Crippen LogP contribution in [0.25, 0.3) is 0 Å². The van der Waals surface area contributed by atoms with Crippen molar-refractivity contribution in [3.8, 4) is 5.75 Å². The zero-order valence-corrected chi connectivity index (χ0v) is 13.6. The number of nitrogens with zero attached hydrogens (tertiary/aromatic N) is 1. The van der Waals surface area contributed by atoms with Gasteiger partial charge in [-0.1, -0.05) is 41.9 Å². The summed E-state index contributed by atoms with van der Waals surface area (Å²) >= 11 is 5.81. The van der Waals surface area contributed by atoms with Crippen molar-refractivity contribution in [1.29, 1.82) is 0 Å². The van der Waals surface area contributed by atoms with Gasteiger partial charge in [-0.25, -0.2) is 0 Å². The van der Waals surface area contributed by atoms with Gasteiger partial charge >= 0.3 is 0 Å². The predicted octanol–water partition coefficient (Wildman–Crippen LogP) is 3.81. The van der Waals surface area contributed by atoms with Crippen LogP contribution in [0.3, 0.4) is 0 Å². The minimum Gasteiger partial charge on any atom is -0.484 e. The van der Waals surface area contributed by atoms with Crippen LogP contribution in [0, 0.1) is 0 Å². The molecule has 0 aliphatic heterocycles. The van der Waals surface area contributed by atoms with Gasteiger partial charge in [0.25, 0.3) is 5.91 Å². The smallest absolute Gasteiger partial charge is 0.260 e. The normalized spacial score (nSPS) is 11.8. The Morgan fingerprint density at radius 2 is 1.77 bits per heavy atom. The molecule has 22 heavy (non-hydrogen) atoms. The number of carbonyl (C=O) groups is 1. The first-order chi connectivity index (χ1) is 10.6. The van der Waals surface area contributed by atoms with Gasteiger partial charge in [0.1, 0.15) is 5.75 Å². The van der Waals surface area contributed by atoms with Crippen molar-refractivity contribution in [2.75, 3.05) is 13.7 Å². The van der Waals surface area contributed by atoms with Crippen LogP contribution >= 0.6 is 11.6 Å². The summed E-state index contributed by atoms with van der Waals surface area (Å²) in [6.07, 6.45) is 0.823. The minimum atomic E-state index is -0.0432. The highest BCUT2D eigenvalue weighted by atomic mass is 35.5. The van der Waals surface area contributed by atoms with E-state index in [4.69, 9.17) is 16.3 Å². The lowest BCUT2D eigenvalue weighted by atomic mass is 10.1. The fraction of sp³-hybridized carbons (Fsp3) is 0.278. The number of hydrogen-bond acceptors (Lipinski definition) is 2. The van der Waals surface area contributed by atoms with Crippen LogP contribution in [-0.4, -0.2) is 30.5 Å². The second-order valence-corrected chi connectivity index (χ2v) is 5.72. The van der Waals surface area contributed by atoms with Gasteiger partial charge in [-0.05, 0) is 43.2 Å². The Balaban J connectivity index is 1.84. The van der Waals surface area contributed by atoms with E-state index in [1.807, 2.05) is 25.1 Å². The van der Waals surface area contributed by atoms with Crippen LogP contribution in [0.5, 0.6) is 5.75 Å². The molecule has 2 aromatic rings. The van der Waals surface area contributed by atoms with Crippen molar-refractivity contribution in [2.24, 2.45) is 0 Å². The summed E-state index contributed by atoms with van der Waals surface area (Å²) in [4.78, 5) is 13.9. The fourth-order valence-corrected chi connectivity index (χ4v) is 2.24. The average molecular weight is 318 g/mol. The first-order valence-electron chi connectivity index (χ1n) is 7.24. The minimum absolute atomic E-state index is 0.0251. The van der Waals surface area contributed by atoms with Gasteiger partial charge in [0.2, 0.25) is 0 Å². The van der Waals surface area contributed by atoms with E-state index in [2.05, 4.69) is 12.1 Å². The van der Waals surface area contributed by atoms with E-state index in [9.17, 15) is 4.79 Å². The summed E-state index contributed by atoms with van der Waals surface area (Å²) in [6.45, 7) is 2.06. The van der Waals surface area contributed by atoms with Crippen LogP contribution in [-0.2, 0) is 11.2 Å². The third-order valence-electron chi connectivity index (χ3n) is 3.60. The maximum atomic E-state index is 12.2. The number of amides is 1. The quantitative estimate of drug-likeness (QED) is 0.811. The molecule has 0 N–H and O–H groups in total. The van der Waals surface area contributed by atoms with Crippen molar-refractivity contribution in [3.05, 3.63) is 65.2 Å². The molecule has 0 aromatic heterocycles. The van der Waals surface area contributed by atoms with Crippen molar-refractivity contribution in [2.45, 2.75) is 19.4 Å². The van der Waals surface area contributed by atoms with Gasteiger partial charge in [0, 0.05) is 18.1 Å². The Morgan fingerprint density at radius 3 is 2.41 bits per heavy atom. The Kier molecular flexibility index (Phi) is 5.84. The van der Waals surface area contributed by atoms with Crippen molar-refractivity contribution < 1.29 is 9.53 Å². The fourth-order valence-electron chi connectivity index (χ4n) is 2.12. The Hall–Kier alpha value is -2.00. The molecule has 0 bridgehead atoms. The first-order valence-corrected chi connectivity index (χ1v) is 7.62. The van der Waals surface area contributed by atoms with Crippen LogP contribution in [0.15, 0.2) is 54.6 Å². The van der Waals surface area contributed by atoms with E-state index < -0.39 is 0 Å². The molecular formula is C18H20ClNO2. The van der Waals surface area contributed by atoms with Gasteiger partial charge in [-0.3, -0.25) is 4.79 Å². The average Bonchev–Trinajstić information content (AvgIpc) is 2.54. The zero-order valence-electron chi connectivity index (χ0n) is 12.8. The Bertz CT molecular complexity index is 598. The van der Waals surface area contributed by atoms with Crippen molar-refractivity contribution in [3.63, 3.8) is 0 Å². The number of likely N-dealkylation sites (N-methyl/N-ethyl adjacent to an activating group) is 1. The van der Waals surface area contributed by atoms with E-state index in [0.29, 0.717) is 10.8 Å². The lowest BCUT2D eigenvalue weighted by Crippen LogP contribution is -2.39. The van der Waals surface area contributed by atoms with E-state index in [1.54, 1.807) is 36.2 Å². The van der Waals surface area contributed by atoms with Gasteiger partial charge in [-0.2, -0.15) is 0 Å². The zero-order chi connectivity index (χ0) is 15.9. The van der Waals surface area contributed by atoms with E-state index >= 15 is 0 Å². The maximum absolute atomic E-state index is 12.2. The number of halogens is 1. The molecule has 0 saturated heterocycles. The van der Waals surface area contributed by atoms with Gasteiger partial charge in [-0.15, -0.1) is 0 Å². The summed E-state index contributed by atoms with van der Waals surface area (Å²) in [7, 11) is 1.81. The second kappa shape index (κ2) is 7.85. The largest absolute Gasteiger partial charge is 0.484 e. The standard InChI is InChI=1S/C18H20ClNO2/c1-14(12-15-6-4-3-5-7-15)20(2)18(21)13-22-17-10-8-16(19)9-11-17/h3-11,14H,12-13H2,1-2H3/t14-/m1/s1. The van der Waals surface area contributed by atoms with E-state index in [1.165, 1.54) is 5.56 Å². The number of carbonyl (C=O) groups excluding carboxylic acids is 1. The number of benzene rings is 2. The molecule has 1 atom stereocenters. The molecule has 4 heteroatoms. The van der Waals surface area contributed by atoms with Crippen LogP contribution in [0.1, 0.15) is 12.5 Å². The maximum Gasteiger partial charge on any atom is 0.260 e. The highest BCUT2D eigenvalue weighted by Crippen LogP contribution is 2.15. The lowest BCUT2D eigenvalue weighted by Gasteiger charge is -2.25. The Labute approximate surface area is 136 Å². The van der Waals surface area contributed by atoms with E-state index in [-0.39, 0.29) is 18.6 Å². The molecule has 0 heterocycles. The predicted molar refractivity (Wildman–Crippen MR) is 89.3 cm³/mol. The van der Waals surface area contributed by atoms with Gasteiger partial charge < -0.3 is 9.64 Å². The summed E-state index contributed by atoms with van der Waals surface area (Å²) in [5.74, 6) is 0.597. The second-order valence-electron chi connectivity index (χ2n) is 5.29. The molecule has 1 amide bonds. The van der Waals surface area contributed by atoms with Crippen molar-refractivity contribution in [1.82, 2.24) is 4.90 Å². The number of hydrogen-bond donors (Lipinski definition) is 0. The molecule has 0 aliphatic carbocycles. The van der Waals surface area contributed by atoms with E-state index in [0.717, 1.165) is 6.42 Å². The van der Waals surface area contributed by atoms with Crippen molar-refractivity contribution >= 4 is 17.5 Å². The molecule has 0 radical (unpaired) electrons. The molecule has 0 unspecified atom stereocenters. The van der Waals surface area contributed by atoms with Gasteiger partial charge in [0.15, 0.2) is 6.61 Å². The topological polar surface area (TPSA) is 29.5 Å².